The summed E-state index contributed by atoms with van der Waals surface area (Å²) in [5.41, 5.74) is 6.03. The van der Waals surface area contributed by atoms with Crippen LogP contribution in [0.15, 0.2) is 37.1 Å². The minimum atomic E-state index is -0.126. The predicted molar refractivity (Wildman–Crippen MR) is 102 cm³/mol. The Labute approximate surface area is 152 Å². The van der Waals surface area contributed by atoms with E-state index in [0.29, 0.717) is 0 Å². The number of aromatic nitrogens is 6. The third-order valence-electron chi connectivity index (χ3n) is 4.92. The van der Waals surface area contributed by atoms with Crippen molar-refractivity contribution >= 4 is 16.8 Å². The van der Waals surface area contributed by atoms with Gasteiger partial charge in [-0.15, -0.1) is 0 Å². The molecule has 0 aromatic carbocycles. The van der Waals surface area contributed by atoms with Crippen LogP contribution in [0, 0.1) is 0 Å². The van der Waals surface area contributed by atoms with Crippen molar-refractivity contribution in [2.75, 3.05) is 0 Å². The summed E-state index contributed by atoms with van der Waals surface area (Å²) in [6, 6.07) is 4.11. The van der Waals surface area contributed by atoms with E-state index in [2.05, 4.69) is 65.7 Å². The molecule has 0 aliphatic rings. The zero-order valence-electron chi connectivity index (χ0n) is 15.9. The fourth-order valence-corrected chi connectivity index (χ4v) is 3.60. The maximum Gasteiger partial charge on any atom is 0.158 e. The van der Waals surface area contributed by atoms with Crippen LogP contribution in [0.25, 0.3) is 16.8 Å². The standard InChI is InChI=1S/C20H24N6/c1-19(2,3)15-7-9-22-18-13(11-25-26(15)18)10-20(4,5)14-6-8-21-17-16(14)23-12-24-17/h6-9,11-12H,10H2,1-5H3,(H,21,23,24). The Morgan fingerprint density at radius 1 is 1.00 bits per heavy atom. The number of H-pyrrole nitrogens is 1. The van der Waals surface area contributed by atoms with Crippen LogP contribution >= 0.6 is 0 Å². The van der Waals surface area contributed by atoms with E-state index in [1.807, 2.05) is 29.2 Å². The molecule has 0 aliphatic heterocycles. The normalized spacial score (nSPS) is 13.0. The molecule has 134 valence electrons. The molecule has 0 bridgehead atoms. The summed E-state index contributed by atoms with van der Waals surface area (Å²) in [7, 11) is 0. The highest BCUT2D eigenvalue weighted by molar-refractivity contribution is 5.75. The second-order valence-corrected chi connectivity index (χ2v) is 8.50. The lowest BCUT2D eigenvalue weighted by Crippen LogP contribution is -2.21. The largest absolute Gasteiger partial charge is 0.329 e. The Bertz CT molecular complexity index is 1080. The molecule has 0 spiro atoms. The van der Waals surface area contributed by atoms with E-state index in [9.17, 15) is 0 Å². The first-order valence-electron chi connectivity index (χ1n) is 8.88. The zero-order chi connectivity index (χ0) is 18.5. The van der Waals surface area contributed by atoms with Gasteiger partial charge in [0, 0.05) is 23.4 Å². The van der Waals surface area contributed by atoms with E-state index in [1.54, 1.807) is 6.33 Å². The van der Waals surface area contributed by atoms with Crippen molar-refractivity contribution < 1.29 is 0 Å². The Balaban J connectivity index is 1.79. The van der Waals surface area contributed by atoms with Crippen LogP contribution in [-0.2, 0) is 17.3 Å². The third kappa shape index (κ3) is 2.66. The molecule has 0 unspecified atom stereocenters. The molecule has 4 rings (SSSR count). The minimum absolute atomic E-state index is 0.00625. The van der Waals surface area contributed by atoms with Crippen LogP contribution < -0.4 is 0 Å². The van der Waals surface area contributed by atoms with E-state index in [1.165, 1.54) is 5.56 Å². The Morgan fingerprint density at radius 3 is 2.54 bits per heavy atom. The van der Waals surface area contributed by atoms with Crippen molar-refractivity contribution in [2.24, 2.45) is 0 Å². The van der Waals surface area contributed by atoms with Crippen molar-refractivity contribution in [3.05, 3.63) is 53.9 Å². The van der Waals surface area contributed by atoms with Gasteiger partial charge in [0.15, 0.2) is 11.3 Å². The number of imidazole rings is 1. The van der Waals surface area contributed by atoms with Gasteiger partial charge in [0.2, 0.25) is 0 Å². The maximum atomic E-state index is 4.64. The molecule has 0 amide bonds. The summed E-state index contributed by atoms with van der Waals surface area (Å²) in [5.74, 6) is 0. The van der Waals surface area contributed by atoms with E-state index >= 15 is 0 Å². The van der Waals surface area contributed by atoms with E-state index in [-0.39, 0.29) is 10.8 Å². The first-order valence-corrected chi connectivity index (χ1v) is 8.88. The Hall–Kier alpha value is -2.76. The molecule has 0 atom stereocenters. The Morgan fingerprint density at radius 2 is 1.77 bits per heavy atom. The molecule has 4 aromatic rings. The number of rotatable bonds is 3. The molecule has 6 nitrogen and oxygen atoms in total. The van der Waals surface area contributed by atoms with Gasteiger partial charge in [-0.25, -0.2) is 19.5 Å². The molecular formula is C20H24N6. The molecule has 1 N–H and O–H groups in total. The lowest BCUT2D eigenvalue weighted by molar-refractivity contribution is 0.526. The number of pyridine rings is 1. The van der Waals surface area contributed by atoms with Crippen molar-refractivity contribution in [1.82, 2.24) is 29.5 Å². The van der Waals surface area contributed by atoms with Gasteiger partial charge in [-0.2, -0.15) is 5.10 Å². The number of nitrogens with zero attached hydrogens (tertiary/aromatic N) is 5. The van der Waals surface area contributed by atoms with Gasteiger partial charge in [0.1, 0.15) is 5.52 Å². The molecule has 4 heterocycles. The minimum Gasteiger partial charge on any atom is -0.329 e. The molecule has 0 aliphatic carbocycles. The van der Waals surface area contributed by atoms with Crippen LogP contribution in [-0.4, -0.2) is 29.5 Å². The zero-order valence-corrected chi connectivity index (χ0v) is 15.9. The monoisotopic (exact) mass is 348 g/mol. The average Bonchev–Trinajstić information content (AvgIpc) is 3.20. The maximum absolute atomic E-state index is 4.64. The van der Waals surface area contributed by atoms with E-state index < -0.39 is 0 Å². The smallest absolute Gasteiger partial charge is 0.158 e. The summed E-state index contributed by atoms with van der Waals surface area (Å²) in [6.07, 6.45) is 8.19. The predicted octanol–water partition coefficient (Wildman–Crippen LogP) is 3.82. The second-order valence-electron chi connectivity index (χ2n) is 8.50. The molecular weight excluding hydrogens is 324 g/mol. The highest BCUT2D eigenvalue weighted by Gasteiger charge is 2.27. The lowest BCUT2D eigenvalue weighted by atomic mass is 9.79. The summed E-state index contributed by atoms with van der Waals surface area (Å²) in [6.45, 7) is 11.0. The van der Waals surface area contributed by atoms with Crippen molar-refractivity contribution in [1.29, 1.82) is 0 Å². The molecule has 0 saturated heterocycles. The van der Waals surface area contributed by atoms with E-state index in [4.69, 9.17) is 0 Å². The van der Waals surface area contributed by atoms with E-state index in [0.717, 1.165) is 34.5 Å². The fourth-order valence-electron chi connectivity index (χ4n) is 3.60. The van der Waals surface area contributed by atoms with Gasteiger partial charge in [0.25, 0.3) is 0 Å². The Kier molecular flexibility index (Phi) is 3.61. The molecule has 0 saturated carbocycles. The average molecular weight is 348 g/mol. The van der Waals surface area contributed by atoms with Crippen LogP contribution in [0.4, 0.5) is 0 Å². The van der Waals surface area contributed by atoms with Crippen LogP contribution in [0.5, 0.6) is 0 Å². The van der Waals surface area contributed by atoms with Gasteiger partial charge in [-0.05, 0) is 29.5 Å². The highest BCUT2D eigenvalue weighted by atomic mass is 15.3. The number of nitrogens with one attached hydrogen (secondary N) is 1. The first-order chi connectivity index (χ1) is 12.3. The van der Waals surface area contributed by atoms with Crippen molar-refractivity contribution in [3.8, 4) is 0 Å². The van der Waals surface area contributed by atoms with Crippen molar-refractivity contribution in [3.63, 3.8) is 0 Å². The molecule has 0 fully saturated rings. The summed E-state index contributed by atoms with van der Waals surface area (Å²) in [5, 5.41) is 4.64. The van der Waals surface area contributed by atoms with Crippen LogP contribution in [0.2, 0.25) is 0 Å². The van der Waals surface area contributed by atoms with Gasteiger partial charge in [0.05, 0.1) is 18.2 Å². The number of aromatic amines is 1. The third-order valence-corrected chi connectivity index (χ3v) is 4.92. The summed E-state index contributed by atoms with van der Waals surface area (Å²) in [4.78, 5) is 16.5. The van der Waals surface area contributed by atoms with Crippen LogP contribution in [0.1, 0.15) is 51.4 Å². The lowest BCUT2D eigenvalue weighted by Gasteiger charge is -2.25. The van der Waals surface area contributed by atoms with Gasteiger partial charge in [-0.3, -0.25) is 0 Å². The molecule has 4 aromatic heterocycles. The number of hydrogen-bond acceptors (Lipinski definition) is 4. The topological polar surface area (TPSA) is 71.8 Å². The van der Waals surface area contributed by atoms with Crippen LogP contribution in [0.3, 0.4) is 0 Å². The van der Waals surface area contributed by atoms with Gasteiger partial charge < -0.3 is 4.98 Å². The van der Waals surface area contributed by atoms with Gasteiger partial charge in [-0.1, -0.05) is 34.6 Å². The van der Waals surface area contributed by atoms with Crippen molar-refractivity contribution in [2.45, 2.75) is 51.9 Å². The highest BCUT2D eigenvalue weighted by Crippen LogP contribution is 2.32. The summed E-state index contributed by atoms with van der Waals surface area (Å²) < 4.78 is 1.97. The first kappa shape index (κ1) is 16.7. The second kappa shape index (κ2) is 5.62. The molecule has 6 heteroatoms. The molecule has 0 radical (unpaired) electrons. The fraction of sp³-hybridized carbons (Fsp3) is 0.400. The number of hydrogen-bond donors (Lipinski definition) is 1. The summed E-state index contributed by atoms with van der Waals surface area (Å²) >= 11 is 0. The van der Waals surface area contributed by atoms with Gasteiger partial charge >= 0.3 is 0 Å². The molecule has 26 heavy (non-hydrogen) atoms. The quantitative estimate of drug-likeness (QED) is 0.611. The number of fused-ring (bicyclic) bond motifs is 2. The SMILES string of the molecule is CC(C)(C)c1ccnc2c(CC(C)(C)c3ccnc4[nH]cnc34)cnn12.